The van der Waals surface area contributed by atoms with Crippen molar-refractivity contribution in [3.63, 3.8) is 0 Å². The molecule has 1 aromatic carbocycles. The molecule has 144 valence electrons. The summed E-state index contributed by atoms with van der Waals surface area (Å²) in [7, 11) is 1.82. The maximum absolute atomic E-state index is 12.6. The van der Waals surface area contributed by atoms with Crippen molar-refractivity contribution >= 4 is 16.8 Å². The molecule has 4 rings (SSSR count). The van der Waals surface area contributed by atoms with Gasteiger partial charge in [0.1, 0.15) is 5.69 Å². The Kier molecular flexibility index (Phi) is 5.16. The molecular formula is C21H23N5O2. The summed E-state index contributed by atoms with van der Waals surface area (Å²) in [5.74, 6) is 0.431. The Morgan fingerprint density at radius 2 is 1.96 bits per heavy atom. The zero-order chi connectivity index (χ0) is 19.5. The van der Waals surface area contributed by atoms with Gasteiger partial charge in [-0.1, -0.05) is 6.07 Å². The van der Waals surface area contributed by atoms with Crippen LogP contribution in [0.25, 0.3) is 22.2 Å². The number of carbonyl (C=O) groups is 1. The molecule has 1 fully saturated rings. The van der Waals surface area contributed by atoms with Crippen LogP contribution < -0.4 is 10.9 Å². The minimum atomic E-state index is -0.128. The molecule has 0 bridgehead atoms. The van der Waals surface area contributed by atoms with Crippen molar-refractivity contribution in [3.8, 4) is 11.3 Å². The minimum absolute atomic E-state index is 0.103. The number of nitrogens with zero attached hydrogens (tertiary/aromatic N) is 3. The molecular weight excluding hydrogens is 354 g/mol. The van der Waals surface area contributed by atoms with Crippen molar-refractivity contribution < 1.29 is 4.79 Å². The molecule has 0 saturated carbocycles. The van der Waals surface area contributed by atoms with Gasteiger partial charge in [-0.25, -0.2) is 4.98 Å². The molecule has 1 aliphatic heterocycles. The van der Waals surface area contributed by atoms with E-state index in [1.54, 1.807) is 17.2 Å². The van der Waals surface area contributed by atoms with Gasteiger partial charge >= 0.3 is 0 Å². The number of pyridine rings is 1. The van der Waals surface area contributed by atoms with Crippen molar-refractivity contribution in [1.82, 2.24) is 25.2 Å². The van der Waals surface area contributed by atoms with E-state index in [9.17, 15) is 9.59 Å². The standard InChI is InChI=1S/C21H23N5O2/c1-26(13-14-6-8-22-9-7-14)21(28)19-12-23-18(11-24-19)16-2-4-17-15(10-16)3-5-20(27)25-17/h2-5,10-12,14,22H,6-9,13H2,1H3,(H,25,27). The predicted octanol–water partition coefficient (Wildman–Crippen LogP) is 2.06. The van der Waals surface area contributed by atoms with Crippen molar-refractivity contribution in [2.45, 2.75) is 12.8 Å². The zero-order valence-electron chi connectivity index (χ0n) is 15.8. The van der Waals surface area contributed by atoms with Crippen LogP contribution in [0.4, 0.5) is 0 Å². The summed E-state index contributed by atoms with van der Waals surface area (Å²) in [5.41, 5.74) is 2.57. The lowest BCUT2D eigenvalue weighted by Crippen LogP contribution is -2.37. The molecule has 2 aromatic heterocycles. The van der Waals surface area contributed by atoms with Crippen molar-refractivity contribution in [1.29, 1.82) is 0 Å². The second-order valence-electron chi connectivity index (χ2n) is 7.29. The van der Waals surface area contributed by atoms with Crippen LogP contribution in [0.5, 0.6) is 0 Å². The van der Waals surface area contributed by atoms with Gasteiger partial charge in [-0.3, -0.25) is 14.6 Å². The third-order valence-electron chi connectivity index (χ3n) is 5.23. The summed E-state index contributed by atoms with van der Waals surface area (Å²) >= 11 is 0. The number of aromatic nitrogens is 3. The maximum Gasteiger partial charge on any atom is 0.273 e. The van der Waals surface area contributed by atoms with Gasteiger partial charge in [0.2, 0.25) is 5.56 Å². The van der Waals surface area contributed by atoms with E-state index < -0.39 is 0 Å². The highest BCUT2D eigenvalue weighted by Crippen LogP contribution is 2.21. The molecule has 1 aliphatic rings. The van der Waals surface area contributed by atoms with E-state index in [2.05, 4.69) is 20.3 Å². The number of rotatable bonds is 4. The topological polar surface area (TPSA) is 91.0 Å². The van der Waals surface area contributed by atoms with Crippen molar-refractivity contribution in [2.24, 2.45) is 5.92 Å². The monoisotopic (exact) mass is 377 g/mol. The van der Waals surface area contributed by atoms with Crippen molar-refractivity contribution in [3.05, 3.63) is 58.8 Å². The van der Waals surface area contributed by atoms with Crippen LogP contribution in [0.1, 0.15) is 23.3 Å². The molecule has 3 heterocycles. The summed E-state index contributed by atoms with van der Waals surface area (Å²) in [4.78, 5) is 37.4. The van der Waals surface area contributed by atoms with Gasteiger partial charge in [0.05, 0.1) is 18.1 Å². The Labute approximate surface area is 162 Å². The Hall–Kier alpha value is -3.06. The lowest BCUT2D eigenvalue weighted by atomic mass is 9.97. The molecule has 0 radical (unpaired) electrons. The lowest BCUT2D eigenvalue weighted by molar-refractivity contribution is 0.0756. The first-order valence-corrected chi connectivity index (χ1v) is 9.52. The highest BCUT2D eigenvalue weighted by molar-refractivity contribution is 5.92. The third kappa shape index (κ3) is 3.94. The van der Waals surface area contributed by atoms with Gasteiger partial charge in [-0.15, -0.1) is 0 Å². The van der Waals surface area contributed by atoms with E-state index >= 15 is 0 Å². The quantitative estimate of drug-likeness (QED) is 0.726. The number of piperidine rings is 1. The molecule has 7 nitrogen and oxygen atoms in total. The number of amides is 1. The molecule has 1 saturated heterocycles. The summed E-state index contributed by atoms with van der Waals surface area (Å²) in [6.07, 6.45) is 5.34. The first kappa shape index (κ1) is 18.3. The van der Waals surface area contributed by atoms with Gasteiger partial charge in [0.15, 0.2) is 0 Å². The van der Waals surface area contributed by atoms with E-state index in [1.165, 1.54) is 12.3 Å². The lowest BCUT2D eigenvalue weighted by Gasteiger charge is -2.27. The number of H-pyrrole nitrogens is 1. The van der Waals surface area contributed by atoms with Gasteiger partial charge in [0.25, 0.3) is 5.91 Å². The molecule has 3 aromatic rings. The number of hydrogen-bond acceptors (Lipinski definition) is 5. The van der Waals surface area contributed by atoms with Crippen LogP contribution in [-0.2, 0) is 0 Å². The normalized spacial score (nSPS) is 14.9. The average molecular weight is 377 g/mol. The van der Waals surface area contributed by atoms with Crippen LogP contribution in [-0.4, -0.2) is 52.4 Å². The van der Waals surface area contributed by atoms with Gasteiger partial charge in [0, 0.05) is 30.7 Å². The number of hydrogen-bond donors (Lipinski definition) is 2. The van der Waals surface area contributed by atoms with Crippen molar-refractivity contribution in [2.75, 3.05) is 26.7 Å². The summed E-state index contributed by atoms with van der Waals surface area (Å²) < 4.78 is 0. The van der Waals surface area contributed by atoms with E-state index in [0.717, 1.165) is 48.9 Å². The SMILES string of the molecule is CN(CC1CCNCC1)C(=O)c1cnc(-c2ccc3[nH]c(=O)ccc3c2)cn1. The number of benzene rings is 1. The Morgan fingerprint density at radius 1 is 1.14 bits per heavy atom. The molecule has 28 heavy (non-hydrogen) atoms. The first-order chi connectivity index (χ1) is 13.6. The van der Waals surface area contributed by atoms with Gasteiger partial charge in [-0.05, 0) is 55.4 Å². The van der Waals surface area contributed by atoms with E-state index in [-0.39, 0.29) is 11.5 Å². The molecule has 0 spiro atoms. The highest BCUT2D eigenvalue weighted by atomic mass is 16.2. The largest absolute Gasteiger partial charge is 0.340 e. The second kappa shape index (κ2) is 7.90. The van der Waals surface area contributed by atoms with Gasteiger partial charge < -0.3 is 15.2 Å². The maximum atomic E-state index is 12.6. The predicted molar refractivity (Wildman–Crippen MR) is 108 cm³/mol. The number of aromatic amines is 1. The number of nitrogens with one attached hydrogen (secondary N) is 2. The highest BCUT2D eigenvalue weighted by Gasteiger charge is 2.20. The third-order valence-corrected chi connectivity index (χ3v) is 5.23. The number of fused-ring (bicyclic) bond motifs is 1. The van der Waals surface area contributed by atoms with E-state index in [4.69, 9.17) is 0 Å². The average Bonchev–Trinajstić information content (AvgIpc) is 2.73. The fourth-order valence-electron chi connectivity index (χ4n) is 3.63. The molecule has 0 aliphatic carbocycles. The molecule has 0 atom stereocenters. The van der Waals surface area contributed by atoms with E-state index in [0.29, 0.717) is 17.3 Å². The molecule has 2 N–H and O–H groups in total. The molecule has 0 unspecified atom stereocenters. The second-order valence-corrected chi connectivity index (χ2v) is 7.29. The Morgan fingerprint density at radius 3 is 2.71 bits per heavy atom. The Balaban J connectivity index is 1.49. The Bertz CT molecular complexity index is 1040. The summed E-state index contributed by atoms with van der Waals surface area (Å²) in [5, 5.41) is 4.26. The van der Waals surface area contributed by atoms with Crippen LogP contribution in [0.3, 0.4) is 0 Å². The van der Waals surface area contributed by atoms with Gasteiger partial charge in [-0.2, -0.15) is 0 Å². The van der Waals surface area contributed by atoms with E-state index in [1.807, 2.05) is 25.2 Å². The molecule has 7 heteroatoms. The van der Waals surface area contributed by atoms with Crippen LogP contribution in [0, 0.1) is 5.92 Å². The molecule has 1 amide bonds. The smallest absolute Gasteiger partial charge is 0.273 e. The number of carbonyl (C=O) groups excluding carboxylic acids is 1. The summed E-state index contributed by atoms with van der Waals surface area (Å²) in [6.45, 7) is 2.77. The van der Waals surface area contributed by atoms with Crippen LogP contribution >= 0.6 is 0 Å². The fourth-order valence-corrected chi connectivity index (χ4v) is 3.63. The van der Waals surface area contributed by atoms with Crippen LogP contribution in [0.2, 0.25) is 0 Å². The minimum Gasteiger partial charge on any atom is -0.340 e. The fraction of sp³-hybridized carbons (Fsp3) is 0.333. The summed E-state index contributed by atoms with van der Waals surface area (Å²) in [6, 6.07) is 8.95. The van der Waals surface area contributed by atoms with Crippen LogP contribution in [0.15, 0.2) is 47.5 Å². The first-order valence-electron chi connectivity index (χ1n) is 9.52. The zero-order valence-corrected chi connectivity index (χ0v) is 15.8.